The van der Waals surface area contributed by atoms with Gasteiger partial charge in [-0.15, -0.1) is 11.3 Å². The van der Waals surface area contributed by atoms with E-state index in [1.54, 1.807) is 29.8 Å². The molecule has 0 spiro atoms. The summed E-state index contributed by atoms with van der Waals surface area (Å²) in [7, 11) is 0. The molecule has 1 aliphatic heterocycles. The van der Waals surface area contributed by atoms with Crippen LogP contribution in [0.1, 0.15) is 10.5 Å². The third kappa shape index (κ3) is 4.39. The van der Waals surface area contributed by atoms with E-state index in [4.69, 9.17) is 0 Å². The van der Waals surface area contributed by atoms with Gasteiger partial charge in [-0.1, -0.05) is 36.4 Å². The number of hydrogen-bond acceptors (Lipinski definition) is 6. The van der Waals surface area contributed by atoms with Crippen LogP contribution in [-0.4, -0.2) is 42.1 Å². The summed E-state index contributed by atoms with van der Waals surface area (Å²) in [5, 5.41) is 6.36. The first-order valence-electron chi connectivity index (χ1n) is 10.6. The zero-order valence-electron chi connectivity index (χ0n) is 17.5. The number of benzene rings is 1. The lowest BCUT2D eigenvalue weighted by Crippen LogP contribution is -2.43. The smallest absolute Gasteiger partial charge is 0.274 e. The topological polar surface area (TPSA) is 70.2 Å². The fourth-order valence-electron chi connectivity index (χ4n) is 3.78. The molecule has 0 radical (unpaired) electrons. The van der Waals surface area contributed by atoms with Crippen LogP contribution in [0, 0.1) is 0 Å². The van der Waals surface area contributed by atoms with Gasteiger partial charge in [-0.3, -0.25) is 9.78 Å². The van der Waals surface area contributed by atoms with Crippen LogP contribution in [0.15, 0.2) is 79.1 Å². The first kappa shape index (κ1) is 20.4. The van der Waals surface area contributed by atoms with Crippen molar-refractivity contribution in [1.29, 1.82) is 0 Å². The molecule has 7 heteroatoms. The normalized spacial score (nSPS) is 13.7. The molecule has 4 aromatic rings. The van der Waals surface area contributed by atoms with E-state index in [0.29, 0.717) is 11.4 Å². The summed E-state index contributed by atoms with van der Waals surface area (Å²) < 4.78 is 0. The summed E-state index contributed by atoms with van der Waals surface area (Å²) in [5.41, 5.74) is 4.03. The van der Waals surface area contributed by atoms with Gasteiger partial charge in [-0.2, -0.15) is 0 Å². The summed E-state index contributed by atoms with van der Waals surface area (Å²) in [4.78, 5) is 26.3. The molecular weight excluding hydrogens is 418 g/mol. The van der Waals surface area contributed by atoms with E-state index in [-0.39, 0.29) is 5.91 Å². The number of amides is 1. The van der Waals surface area contributed by atoms with Gasteiger partial charge >= 0.3 is 0 Å². The number of thiophene rings is 1. The Kier molecular flexibility index (Phi) is 5.91. The minimum absolute atomic E-state index is 0.240. The SMILES string of the molecule is O=C(Nc1cnccc1N1CCNCC1)c1cccc(-c2ccc(-c3ccccc3)s2)n1. The number of nitrogens with zero attached hydrogens (tertiary/aromatic N) is 3. The molecule has 1 amide bonds. The van der Waals surface area contributed by atoms with Gasteiger partial charge in [0, 0.05) is 37.3 Å². The van der Waals surface area contributed by atoms with E-state index < -0.39 is 0 Å². The number of hydrogen-bond donors (Lipinski definition) is 2. The van der Waals surface area contributed by atoms with Crippen LogP contribution in [0.2, 0.25) is 0 Å². The van der Waals surface area contributed by atoms with Crippen LogP contribution in [0.3, 0.4) is 0 Å². The maximum absolute atomic E-state index is 13.0. The average molecular weight is 442 g/mol. The molecule has 3 aromatic heterocycles. The lowest BCUT2D eigenvalue weighted by Gasteiger charge is -2.30. The molecule has 5 rings (SSSR count). The van der Waals surface area contributed by atoms with E-state index >= 15 is 0 Å². The summed E-state index contributed by atoms with van der Waals surface area (Å²) in [6.07, 6.45) is 3.46. The van der Waals surface area contributed by atoms with E-state index in [1.807, 2.05) is 36.4 Å². The molecule has 0 aliphatic carbocycles. The standard InChI is InChI=1S/C25H23N5OS/c31-25(29-21-17-27-12-11-22(21)30-15-13-26-14-16-30)20-8-4-7-19(28-20)24-10-9-23(32-24)18-5-2-1-3-6-18/h1-12,17,26H,13-16H2,(H,29,31). The summed E-state index contributed by atoms with van der Waals surface area (Å²) >= 11 is 1.67. The molecule has 1 fully saturated rings. The Labute approximate surface area is 191 Å². The Bertz CT molecular complexity index is 1220. The molecule has 1 aromatic carbocycles. The lowest BCUT2D eigenvalue weighted by atomic mass is 10.2. The van der Waals surface area contributed by atoms with Crippen LogP contribution in [0.25, 0.3) is 21.0 Å². The fraction of sp³-hybridized carbons (Fsp3) is 0.160. The van der Waals surface area contributed by atoms with Crippen LogP contribution in [0.4, 0.5) is 11.4 Å². The van der Waals surface area contributed by atoms with Crippen LogP contribution in [-0.2, 0) is 0 Å². The van der Waals surface area contributed by atoms with Crippen molar-refractivity contribution in [2.75, 3.05) is 36.4 Å². The first-order chi connectivity index (χ1) is 15.8. The van der Waals surface area contributed by atoms with Crippen LogP contribution < -0.4 is 15.5 Å². The zero-order valence-corrected chi connectivity index (χ0v) is 18.3. The maximum Gasteiger partial charge on any atom is 0.274 e. The van der Waals surface area contributed by atoms with Crippen molar-refractivity contribution in [3.05, 3.63) is 84.8 Å². The fourth-order valence-corrected chi connectivity index (χ4v) is 4.76. The largest absolute Gasteiger partial charge is 0.367 e. The Morgan fingerprint density at radius 2 is 1.75 bits per heavy atom. The van der Waals surface area contributed by atoms with Gasteiger partial charge in [-0.05, 0) is 35.9 Å². The number of anilines is 2. The van der Waals surface area contributed by atoms with Gasteiger partial charge in [0.15, 0.2) is 0 Å². The molecule has 4 heterocycles. The third-order valence-electron chi connectivity index (χ3n) is 5.40. The monoisotopic (exact) mass is 441 g/mol. The second-order valence-corrected chi connectivity index (χ2v) is 8.61. The molecule has 6 nitrogen and oxygen atoms in total. The zero-order chi connectivity index (χ0) is 21.8. The quantitative estimate of drug-likeness (QED) is 0.476. The van der Waals surface area contributed by atoms with Gasteiger partial charge in [0.05, 0.1) is 28.1 Å². The minimum atomic E-state index is -0.240. The molecule has 32 heavy (non-hydrogen) atoms. The molecule has 1 saturated heterocycles. The molecule has 160 valence electrons. The van der Waals surface area contributed by atoms with Gasteiger partial charge in [-0.25, -0.2) is 4.98 Å². The summed E-state index contributed by atoms with van der Waals surface area (Å²) in [5.74, 6) is -0.240. The molecule has 0 saturated carbocycles. The predicted octanol–water partition coefficient (Wildman–Crippen LogP) is 4.53. The Balaban J connectivity index is 1.37. The summed E-state index contributed by atoms with van der Waals surface area (Å²) in [6.45, 7) is 3.63. The summed E-state index contributed by atoms with van der Waals surface area (Å²) in [6, 6.07) is 21.9. The Hall–Kier alpha value is -3.55. The number of carbonyl (C=O) groups is 1. The number of carbonyl (C=O) groups excluding carboxylic acids is 1. The Morgan fingerprint density at radius 1 is 0.938 bits per heavy atom. The van der Waals surface area contributed by atoms with E-state index in [9.17, 15) is 4.79 Å². The van der Waals surface area contributed by atoms with E-state index in [2.05, 4.69) is 49.8 Å². The predicted molar refractivity (Wildman–Crippen MR) is 130 cm³/mol. The number of aromatic nitrogens is 2. The molecule has 0 atom stereocenters. The highest BCUT2D eigenvalue weighted by molar-refractivity contribution is 7.18. The van der Waals surface area contributed by atoms with Crippen molar-refractivity contribution in [2.24, 2.45) is 0 Å². The van der Waals surface area contributed by atoms with Gasteiger partial charge < -0.3 is 15.5 Å². The van der Waals surface area contributed by atoms with Crippen molar-refractivity contribution in [3.8, 4) is 21.0 Å². The van der Waals surface area contributed by atoms with E-state index in [1.165, 1.54) is 10.4 Å². The maximum atomic E-state index is 13.0. The molecule has 2 N–H and O–H groups in total. The van der Waals surface area contributed by atoms with Crippen LogP contribution in [0.5, 0.6) is 0 Å². The average Bonchev–Trinajstić information content (AvgIpc) is 3.36. The second kappa shape index (κ2) is 9.30. The molecule has 0 unspecified atom stereocenters. The van der Waals surface area contributed by atoms with Crippen molar-refractivity contribution in [3.63, 3.8) is 0 Å². The number of rotatable bonds is 5. The highest BCUT2D eigenvalue weighted by Gasteiger charge is 2.17. The molecular formula is C25H23N5OS. The van der Waals surface area contributed by atoms with Crippen molar-refractivity contribution in [1.82, 2.24) is 15.3 Å². The van der Waals surface area contributed by atoms with Gasteiger partial charge in [0.2, 0.25) is 0 Å². The molecule has 1 aliphatic rings. The molecule has 0 bridgehead atoms. The lowest BCUT2D eigenvalue weighted by molar-refractivity contribution is 0.102. The highest BCUT2D eigenvalue weighted by Crippen LogP contribution is 2.33. The third-order valence-corrected chi connectivity index (χ3v) is 6.56. The van der Waals surface area contributed by atoms with Crippen molar-refractivity contribution in [2.45, 2.75) is 0 Å². The Morgan fingerprint density at radius 3 is 2.59 bits per heavy atom. The second-order valence-electron chi connectivity index (χ2n) is 7.52. The van der Waals surface area contributed by atoms with Crippen molar-refractivity contribution >= 4 is 28.6 Å². The van der Waals surface area contributed by atoms with E-state index in [0.717, 1.165) is 42.4 Å². The number of piperazine rings is 1. The minimum Gasteiger partial charge on any atom is -0.367 e. The van der Waals surface area contributed by atoms with Gasteiger partial charge in [0.25, 0.3) is 5.91 Å². The van der Waals surface area contributed by atoms with Gasteiger partial charge in [0.1, 0.15) is 5.69 Å². The highest BCUT2D eigenvalue weighted by atomic mass is 32.1. The van der Waals surface area contributed by atoms with Crippen molar-refractivity contribution < 1.29 is 4.79 Å². The first-order valence-corrected chi connectivity index (χ1v) is 11.4. The number of pyridine rings is 2. The van der Waals surface area contributed by atoms with Crippen LogP contribution >= 0.6 is 11.3 Å². The number of nitrogens with one attached hydrogen (secondary N) is 2.